The fraction of sp³-hybridized carbons (Fsp3) is 0.308. The Kier molecular flexibility index (Phi) is 4.10. The van der Waals surface area contributed by atoms with Crippen LogP contribution in [0, 0.1) is 0 Å². The van der Waals surface area contributed by atoms with Gasteiger partial charge in [-0.25, -0.2) is 0 Å². The maximum Gasteiger partial charge on any atom is 0.301 e. The molecule has 1 aromatic heterocycles. The Morgan fingerprint density at radius 2 is 2.05 bits per heavy atom. The minimum Gasteiger partial charge on any atom is -0.278 e. The van der Waals surface area contributed by atoms with Crippen molar-refractivity contribution in [2.75, 3.05) is 11.8 Å². The molecule has 0 radical (unpaired) electrons. The highest BCUT2D eigenvalue weighted by Gasteiger charge is 2.20. The monoisotopic (exact) mass is 294 g/mol. The maximum atomic E-state index is 12.1. The lowest BCUT2D eigenvalue weighted by Gasteiger charge is -2.21. The van der Waals surface area contributed by atoms with Gasteiger partial charge in [0.2, 0.25) is 0 Å². The summed E-state index contributed by atoms with van der Waals surface area (Å²) in [5.74, 6) is 0. The molecule has 1 heterocycles. The van der Waals surface area contributed by atoms with Crippen molar-refractivity contribution in [1.29, 1.82) is 0 Å². The van der Waals surface area contributed by atoms with Crippen LogP contribution < -0.4 is 4.72 Å². The van der Waals surface area contributed by atoms with Gasteiger partial charge < -0.3 is 0 Å². The van der Waals surface area contributed by atoms with E-state index in [4.69, 9.17) is 0 Å². The average Bonchev–Trinajstić information content (AvgIpc) is 2.91. The summed E-state index contributed by atoms with van der Waals surface area (Å²) in [5, 5.41) is 6.73. The molecular formula is C13H18N4O2S. The molecule has 0 atom stereocenters. The molecule has 2 rings (SSSR count). The Balaban J connectivity index is 2.25. The van der Waals surface area contributed by atoms with Crippen LogP contribution in [0.4, 0.5) is 5.69 Å². The van der Waals surface area contributed by atoms with Crippen LogP contribution in [0.5, 0.6) is 0 Å². The van der Waals surface area contributed by atoms with Crippen molar-refractivity contribution in [2.24, 2.45) is 0 Å². The van der Waals surface area contributed by atoms with E-state index < -0.39 is 10.2 Å². The fourth-order valence-electron chi connectivity index (χ4n) is 1.67. The quantitative estimate of drug-likeness (QED) is 0.886. The number of hydrogen-bond donors (Lipinski definition) is 2. The Morgan fingerprint density at radius 1 is 1.30 bits per heavy atom. The van der Waals surface area contributed by atoms with E-state index in [1.807, 2.05) is 26.0 Å². The number of rotatable bonds is 5. The molecule has 0 aliphatic carbocycles. The first-order valence-electron chi connectivity index (χ1n) is 6.26. The van der Waals surface area contributed by atoms with Crippen molar-refractivity contribution in [3.8, 4) is 11.3 Å². The van der Waals surface area contributed by atoms with E-state index >= 15 is 0 Å². The third-order valence-corrected chi connectivity index (χ3v) is 4.70. The molecule has 0 saturated carbocycles. The second-order valence-electron chi connectivity index (χ2n) is 4.77. The lowest BCUT2D eigenvalue weighted by Crippen LogP contribution is -2.37. The van der Waals surface area contributed by atoms with Crippen LogP contribution >= 0.6 is 0 Å². The second kappa shape index (κ2) is 5.64. The molecule has 0 saturated heterocycles. The molecule has 1 aromatic carbocycles. The van der Waals surface area contributed by atoms with Crippen LogP contribution in [0.15, 0.2) is 36.5 Å². The molecule has 7 heteroatoms. The van der Waals surface area contributed by atoms with Crippen molar-refractivity contribution in [1.82, 2.24) is 14.5 Å². The smallest absolute Gasteiger partial charge is 0.278 e. The van der Waals surface area contributed by atoms with Gasteiger partial charge in [-0.2, -0.15) is 17.8 Å². The number of benzene rings is 1. The number of hydrogen-bond acceptors (Lipinski definition) is 3. The topological polar surface area (TPSA) is 78.1 Å². The van der Waals surface area contributed by atoms with E-state index in [-0.39, 0.29) is 6.04 Å². The van der Waals surface area contributed by atoms with E-state index in [2.05, 4.69) is 14.9 Å². The van der Waals surface area contributed by atoms with Gasteiger partial charge in [-0.05, 0) is 32.0 Å². The van der Waals surface area contributed by atoms with E-state index in [0.29, 0.717) is 5.69 Å². The van der Waals surface area contributed by atoms with Gasteiger partial charge in [0, 0.05) is 24.8 Å². The molecular weight excluding hydrogens is 276 g/mol. The van der Waals surface area contributed by atoms with E-state index in [1.54, 1.807) is 31.4 Å². The highest BCUT2D eigenvalue weighted by atomic mass is 32.2. The first-order valence-corrected chi connectivity index (χ1v) is 7.70. The minimum absolute atomic E-state index is 0.108. The first kappa shape index (κ1) is 14.5. The van der Waals surface area contributed by atoms with Gasteiger partial charge in [-0.15, -0.1) is 0 Å². The van der Waals surface area contributed by atoms with E-state index in [1.165, 1.54) is 4.31 Å². The van der Waals surface area contributed by atoms with Crippen molar-refractivity contribution in [2.45, 2.75) is 19.9 Å². The van der Waals surface area contributed by atoms with Crippen LogP contribution in [0.2, 0.25) is 0 Å². The average molecular weight is 294 g/mol. The zero-order chi connectivity index (χ0) is 14.8. The van der Waals surface area contributed by atoms with Crippen LogP contribution in [0.25, 0.3) is 11.3 Å². The van der Waals surface area contributed by atoms with Crippen molar-refractivity contribution >= 4 is 15.9 Å². The van der Waals surface area contributed by atoms with Crippen LogP contribution in [0.1, 0.15) is 13.8 Å². The Morgan fingerprint density at radius 3 is 2.65 bits per heavy atom. The number of nitrogens with one attached hydrogen (secondary N) is 2. The van der Waals surface area contributed by atoms with Crippen molar-refractivity contribution in [3.05, 3.63) is 36.5 Å². The molecule has 0 bridgehead atoms. The summed E-state index contributed by atoms with van der Waals surface area (Å²) < 4.78 is 28.1. The Labute approximate surface area is 119 Å². The number of aromatic nitrogens is 2. The fourth-order valence-corrected chi connectivity index (χ4v) is 2.79. The van der Waals surface area contributed by atoms with Crippen LogP contribution in [-0.4, -0.2) is 36.0 Å². The van der Waals surface area contributed by atoms with Crippen molar-refractivity contribution < 1.29 is 8.42 Å². The number of nitrogens with zero attached hydrogens (tertiary/aromatic N) is 2. The lowest BCUT2D eigenvalue weighted by atomic mass is 10.1. The number of H-pyrrole nitrogens is 1. The molecule has 0 spiro atoms. The highest BCUT2D eigenvalue weighted by Crippen LogP contribution is 2.21. The Bertz CT molecular complexity index is 665. The normalized spacial score (nSPS) is 12.1. The summed E-state index contributed by atoms with van der Waals surface area (Å²) in [5.41, 5.74) is 2.22. The lowest BCUT2D eigenvalue weighted by molar-refractivity contribution is 0.414. The first-order chi connectivity index (χ1) is 9.40. The third kappa shape index (κ3) is 3.17. The number of anilines is 1. The molecule has 2 aromatic rings. The summed E-state index contributed by atoms with van der Waals surface area (Å²) in [6, 6.07) is 8.88. The van der Waals surface area contributed by atoms with E-state index in [9.17, 15) is 8.42 Å². The summed E-state index contributed by atoms with van der Waals surface area (Å²) >= 11 is 0. The van der Waals surface area contributed by atoms with Crippen LogP contribution in [0.3, 0.4) is 0 Å². The van der Waals surface area contributed by atoms with Gasteiger partial charge in [0.1, 0.15) is 0 Å². The second-order valence-corrected chi connectivity index (χ2v) is 6.50. The standard InChI is InChI=1S/C13H18N4O2S/c1-10(2)17(3)20(18,19)16-12-6-4-5-11(9-12)13-7-8-14-15-13/h4-10,16H,1-3H3,(H,14,15). The van der Waals surface area contributed by atoms with Gasteiger partial charge in [0.05, 0.1) is 11.4 Å². The summed E-state index contributed by atoms with van der Waals surface area (Å²) in [6.07, 6.45) is 1.65. The largest absolute Gasteiger partial charge is 0.301 e. The maximum absolute atomic E-state index is 12.1. The van der Waals surface area contributed by atoms with Gasteiger partial charge in [-0.1, -0.05) is 12.1 Å². The zero-order valence-corrected chi connectivity index (χ0v) is 12.5. The molecule has 0 amide bonds. The van der Waals surface area contributed by atoms with Crippen LogP contribution in [-0.2, 0) is 10.2 Å². The summed E-state index contributed by atoms with van der Waals surface area (Å²) in [7, 11) is -1.99. The summed E-state index contributed by atoms with van der Waals surface area (Å²) in [4.78, 5) is 0. The molecule has 0 unspecified atom stereocenters. The van der Waals surface area contributed by atoms with Gasteiger partial charge in [0.25, 0.3) is 0 Å². The summed E-state index contributed by atoms with van der Waals surface area (Å²) in [6.45, 7) is 3.64. The molecule has 0 aliphatic rings. The third-order valence-electron chi connectivity index (χ3n) is 3.03. The predicted octanol–water partition coefficient (Wildman–Crippen LogP) is 2.07. The molecule has 6 nitrogen and oxygen atoms in total. The SMILES string of the molecule is CC(C)N(C)S(=O)(=O)Nc1cccc(-c2ccn[nH]2)c1. The Hall–Kier alpha value is -1.86. The number of aromatic amines is 1. The van der Waals surface area contributed by atoms with Gasteiger partial charge in [0.15, 0.2) is 0 Å². The molecule has 20 heavy (non-hydrogen) atoms. The minimum atomic E-state index is -3.54. The van der Waals surface area contributed by atoms with Crippen molar-refractivity contribution in [3.63, 3.8) is 0 Å². The zero-order valence-electron chi connectivity index (χ0n) is 11.7. The molecule has 108 valence electrons. The molecule has 2 N–H and O–H groups in total. The highest BCUT2D eigenvalue weighted by molar-refractivity contribution is 7.90. The molecule has 0 fully saturated rings. The van der Waals surface area contributed by atoms with Gasteiger partial charge >= 0.3 is 10.2 Å². The van der Waals surface area contributed by atoms with Gasteiger partial charge in [-0.3, -0.25) is 9.82 Å². The van der Waals surface area contributed by atoms with E-state index in [0.717, 1.165) is 11.3 Å². The predicted molar refractivity (Wildman–Crippen MR) is 79.5 cm³/mol. The molecule has 0 aliphatic heterocycles.